The van der Waals surface area contributed by atoms with Crippen LogP contribution in [0, 0.1) is 0 Å². The van der Waals surface area contributed by atoms with E-state index in [0.717, 1.165) is 18.2 Å². The third-order valence-electron chi connectivity index (χ3n) is 3.49. The molecule has 0 aliphatic rings. The van der Waals surface area contributed by atoms with Crippen molar-refractivity contribution in [3.63, 3.8) is 0 Å². The minimum atomic E-state index is -4.59. The number of nitrogens with one attached hydrogen (secondary N) is 1. The molecule has 0 radical (unpaired) electrons. The van der Waals surface area contributed by atoms with Crippen LogP contribution in [-0.4, -0.2) is 60.7 Å². The first kappa shape index (κ1) is 25.7. The SMILES string of the molecule is O=C(NCCS(=O)(=O)O)C(Oc1cccc(C(F)(F)F)c1)c1ccc(Cl)cc1.[NaH]. The van der Waals surface area contributed by atoms with E-state index in [4.69, 9.17) is 20.9 Å². The van der Waals surface area contributed by atoms with Crippen molar-refractivity contribution in [3.8, 4) is 5.75 Å². The van der Waals surface area contributed by atoms with Crippen LogP contribution in [0.3, 0.4) is 0 Å². The van der Waals surface area contributed by atoms with Crippen molar-refractivity contribution in [2.45, 2.75) is 12.3 Å². The summed E-state index contributed by atoms with van der Waals surface area (Å²) in [6.07, 6.45) is -5.96. The molecule has 29 heavy (non-hydrogen) atoms. The number of amides is 1. The maximum absolute atomic E-state index is 12.9. The van der Waals surface area contributed by atoms with Gasteiger partial charge in [-0.3, -0.25) is 9.35 Å². The van der Waals surface area contributed by atoms with Gasteiger partial charge in [0.25, 0.3) is 16.0 Å². The Hall–Kier alpha value is -1.30. The third-order valence-corrected chi connectivity index (χ3v) is 4.46. The van der Waals surface area contributed by atoms with Crippen molar-refractivity contribution in [1.82, 2.24) is 5.32 Å². The van der Waals surface area contributed by atoms with Crippen molar-refractivity contribution < 1.29 is 35.7 Å². The summed E-state index contributed by atoms with van der Waals surface area (Å²) in [5.74, 6) is -1.74. The Morgan fingerprint density at radius 1 is 1.17 bits per heavy atom. The van der Waals surface area contributed by atoms with Crippen molar-refractivity contribution >= 4 is 57.2 Å². The number of rotatable bonds is 7. The van der Waals surface area contributed by atoms with E-state index >= 15 is 0 Å². The molecule has 12 heteroatoms. The van der Waals surface area contributed by atoms with Gasteiger partial charge in [-0.2, -0.15) is 21.6 Å². The second-order valence-corrected chi connectivity index (χ2v) is 7.66. The summed E-state index contributed by atoms with van der Waals surface area (Å²) < 4.78 is 74.3. The summed E-state index contributed by atoms with van der Waals surface area (Å²) in [4.78, 5) is 12.4. The van der Waals surface area contributed by atoms with Gasteiger partial charge in [0.1, 0.15) is 5.75 Å². The van der Waals surface area contributed by atoms with Gasteiger partial charge in [0.05, 0.1) is 11.3 Å². The van der Waals surface area contributed by atoms with Crippen LogP contribution in [0.1, 0.15) is 17.2 Å². The number of benzene rings is 2. The summed E-state index contributed by atoms with van der Waals surface area (Å²) in [7, 11) is -4.29. The Bertz CT molecular complexity index is 939. The summed E-state index contributed by atoms with van der Waals surface area (Å²) in [6.45, 7) is -0.409. The summed E-state index contributed by atoms with van der Waals surface area (Å²) in [5, 5.41) is 2.63. The average molecular weight is 462 g/mol. The van der Waals surface area contributed by atoms with E-state index in [1.54, 1.807) is 0 Å². The zero-order valence-corrected chi connectivity index (χ0v) is 15.7. The van der Waals surface area contributed by atoms with Gasteiger partial charge in [-0.15, -0.1) is 0 Å². The first-order valence-corrected chi connectivity index (χ1v) is 9.77. The molecule has 0 heterocycles. The molecule has 0 fully saturated rings. The number of halogens is 4. The molecule has 0 saturated carbocycles. The van der Waals surface area contributed by atoms with Gasteiger partial charge in [0.15, 0.2) is 0 Å². The van der Waals surface area contributed by atoms with Crippen LogP contribution in [0.2, 0.25) is 5.02 Å². The van der Waals surface area contributed by atoms with Crippen molar-refractivity contribution in [2.75, 3.05) is 12.3 Å². The fourth-order valence-corrected chi connectivity index (χ4v) is 2.67. The van der Waals surface area contributed by atoms with Crippen molar-refractivity contribution in [1.29, 1.82) is 0 Å². The second-order valence-electron chi connectivity index (χ2n) is 5.65. The van der Waals surface area contributed by atoms with E-state index in [2.05, 4.69) is 5.32 Å². The molecule has 2 N–H and O–H groups in total. The molecule has 0 aliphatic heterocycles. The Morgan fingerprint density at radius 3 is 2.34 bits per heavy atom. The number of hydrogen-bond acceptors (Lipinski definition) is 4. The first-order valence-electron chi connectivity index (χ1n) is 7.78. The van der Waals surface area contributed by atoms with E-state index in [9.17, 15) is 26.4 Å². The standard InChI is InChI=1S/C17H15ClF3NO5S.Na.H/c18-13-6-4-11(5-7-13)15(16(23)22-8-9-28(24,25)26)27-14-3-1-2-12(10-14)17(19,20)21;;/h1-7,10,15H,8-9H2,(H,22,23)(H,24,25,26);;. The van der Waals surface area contributed by atoms with Crippen LogP contribution in [0.25, 0.3) is 0 Å². The number of carbonyl (C=O) groups excluding carboxylic acids is 1. The molecule has 2 aromatic rings. The van der Waals surface area contributed by atoms with E-state index in [-0.39, 0.29) is 40.9 Å². The molecule has 0 aliphatic carbocycles. The van der Waals surface area contributed by atoms with Gasteiger partial charge in [-0.05, 0) is 30.3 Å². The Morgan fingerprint density at radius 2 is 1.79 bits per heavy atom. The summed E-state index contributed by atoms with van der Waals surface area (Å²) >= 11 is 5.80. The molecular formula is C17H16ClF3NNaO5S. The molecule has 0 saturated heterocycles. The fraction of sp³-hybridized carbons (Fsp3) is 0.235. The predicted molar refractivity (Wildman–Crippen MR) is 103 cm³/mol. The van der Waals surface area contributed by atoms with Crippen LogP contribution < -0.4 is 10.1 Å². The molecule has 0 bridgehead atoms. The average Bonchev–Trinajstić information content (AvgIpc) is 2.59. The molecule has 1 unspecified atom stereocenters. The third kappa shape index (κ3) is 8.53. The molecular weight excluding hydrogens is 446 g/mol. The zero-order chi connectivity index (χ0) is 20.9. The van der Waals surface area contributed by atoms with Gasteiger partial charge in [-0.1, -0.05) is 29.8 Å². The maximum atomic E-state index is 12.9. The summed E-state index contributed by atoms with van der Waals surface area (Å²) in [5.41, 5.74) is -0.669. The van der Waals surface area contributed by atoms with E-state index in [1.165, 1.54) is 30.3 Å². The minimum absolute atomic E-state index is 0. The first-order chi connectivity index (χ1) is 13.0. The van der Waals surface area contributed by atoms with Crippen LogP contribution in [0.5, 0.6) is 5.75 Å². The Balaban J connectivity index is 0.00000420. The van der Waals surface area contributed by atoms with Crippen molar-refractivity contribution in [3.05, 3.63) is 64.7 Å². The second kappa shape index (κ2) is 10.6. The normalized spacial score (nSPS) is 12.6. The van der Waals surface area contributed by atoms with E-state index < -0.39 is 46.2 Å². The van der Waals surface area contributed by atoms with E-state index in [0.29, 0.717) is 5.02 Å². The van der Waals surface area contributed by atoms with Crippen LogP contribution in [0.15, 0.2) is 48.5 Å². The number of carbonyl (C=O) groups is 1. The number of alkyl halides is 3. The van der Waals surface area contributed by atoms with Gasteiger partial charge >= 0.3 is 35.7 Å². The van der Waals surface area contributed by atoms with Gasteiger partial charge in [-0.25, -0.2) is 0 Å². The molecule has 1 atom stereocenters. The van der Waals surface area contributed by atoms with Crippen LogP contribution in [-0.2, 0) is 21.1 Å². The molecule has 154 valence electrons. The topological polar surface area (TPSA) is 92.7 Å². The molecule has 0 spiro atoms. The Labute approximate surface area is 192 Å². The number of hydrogen-bond donors (Lipinski definition) is 2. The predicted octanol–water partition coefficient (Wildman–Crippen LogP) is 2.83. The molecule has 2 rings (SSSR count). The molecule has 6 nitrogen and oxygen atoms in total. The molecule has 1 amide bonds. The Kier molecular flexibility index (Phi) is 9.45. The van der Waals surface area contributed by atoms with Crippen LogP contribution in [0.4, 0.5) is 13.2 Å². The monoisotopic (exact) mass is 461 g/mol. The quantitative estimate of drug-likeness (QED) is 0.488. The fourth-order valence-electron chi connectivity index (χ4n) is 2.19. The van der Waals surface area contributed by atoms with E-state index in [1.807, 2.05) is 0 Å². The van der Waals surface area contributed by atoms with Gasteiger partial charge in [0, 0.05) is 17.1 Å². The van der Waals surface area contributed by atoms with Crippen LogP contribution >= 0.6 is 11.6 Å². The van der Waals surface area contributed by atoms with Gasteiger partial charge in [0.2, 0.25) is 6.10 Å². The zero-order valence-electron chi connectivity index (χ0n) is 14.1. The summed E-state index contributed by atoms with van der Waals surface area (Å²) in [6, 6.07) is 9.81. The van der Waals surface area contributed by atoms with Crippen molar-refractivity contribution in [2.24, 2.45) is 0 Å². The molecule has 2 aromatic carbocycles. The molecule has 0 aromatic heterocycles. The van der Waals surface area contributed by atoms with Gasteiger partial charge < -0.3 is 10.1 Å². The number of ether oxygens (including phenoxy) is 1.